The van der Waals surface area contributed by atoms with Gasteiger partial charge in [-0.05, 0) is 130 Å². The minimum atomic E-state index is 0.249. The van der Waals surface area contributed by atoms with Crippen LogP contribution in [0, 0.1) is 52.8 Å². The van der Waals surface area contributed by atoms with Crippen molar-refractivity contribution in [1.82, 2.24) is 0 Å². The van der Waals surface area contributed by atoms with Crippen molar-refractivity contribution >= 4 is 11.4 Å². The molecule has 224 valence electrons. The van der Waals surface area contributed by atoms with Crippen molar-refractivity contribution in [2.24, 2.45) is 58.5 Å². The van der Waals surface area contributed by atoms with Crippen molar-refractivity contribution in [1.29, 1.82) is 0 Å². The van der Waals surface area contributed by atoms with Crippen LogP contribution in [0.2, 0.25) is 0 Å². The number of allylic oxidation sites excluding steroid dienone is 4. The largest absolute Gasteiger partial charge is 0.488 e. The summed E-state index contributed by atoms with van der Waals surface area (Å²) >= 11 is 0. The van der Waals surface area contributed by atoms with Crippen LogP contribution in [0.5, 0.6) is 5.75 Å². The summed E-state index contributed by atoms with van der Waals surface area (Å²) in [5, 5.41) is 0. The fourth-order valence-electron chi connectivity index (χ4n) is 9.02. The summed E-state index contributed by atoms with van der Waals surface area (Å²) in [6, 6.07) is 5.64. The van der Waals surface area contributed by atoms with Gasteiger partial charge >= 0.3 is 0 Å². The SMILES string of the molecule is C/C=C(\C)N.CC(C)CCCC(C)C1CCC2C3C=CC4CC(Oc5ccc(N)cc5N)CCC4(C)C3CCC12. The van der Waals surface area contributed by atoms with Crippen molar-refractivity contribution in [3.8, 4) is 5.75 Å². The van der Waals surface area contributed by atoms with Gasteiger partial charge in [0.15, 0.2) is 0 Å². The third kappa shape index (κ3) is 6.85. The summed E-state index contributed by atoms with van der Waals surface area (Å²) in [4.78, 5) is 0. The summed E-state index contributed by atoms with van der Waals surface area (Å²) in [5.74, 6) is 7.73. The van der Waals surface area contributed by atoms with E-state index in [-0.39, 0.29) is 6.10 Å². The molecule has 4 aliphatic rings. The van der Waals surface area contributed by atoms with Gasteiger partial charge < -0.3 is 21.9 Å². The number of anilines is 2. The molecule has 0 aromatic heterocycles. The lowest BCUT2D eigenvalue weighted by Crippen LogP contribution is -2.50. The first-order valence-electron chi connectivity index (χ1n) is 16.4. The molecule has 1 aromatic rings. The number of nitrogen functional groups attached to an aromatic ring is 2. The normalized spacial score (nSPS) is 35.7. The Balaban J connectivity index is 0.000000681. The molecule has 9 atom stereocenters. The van der Waals surface area contributed by atoms with Crippen LogP contribution < -0.4 is 21.9 Å². The van der Waals surface area contributed by atoms with Gasteiger partial charge in [0.1, 0.15) is 5.75 Å². The molecule has 1 aromatic carbocycles. The van der Waals surface area contributed by atoms with E-state index in [1.807, 2.05) is 38.1 Å². The van der Waals surface area contributed by atoms with E-state index in [0.29, 0.717) is 22.7 Å². The molecule has 9 unspecified atom stereocenters. The van der Waals surface area contributed by atoms with E-state index in [2.05, 4.69) is 39.8 Å². The van der Waals surface area contributed by atoms with Gasteiger partial charge in [-0.1, -0.05) is 65.2 Å². The number of nitrogens with two attached hydrogens (primary N) is 3. The first kappa shape index (κ1) is 30.8. The van der Waals surface area contributed by atoms with Gasteiger partial charge in [0, 0.05) is 11.4 Å². The maximum absolute atomic E-state index is 6.41. The monoisotopic (exact) mass is 549 g/mol. The molecular weight excluding hydrogens is 490 g/mol. The number of hydrogen-bond acceptors (Lipinski definition) is 4. The third-order valence-electron chi connectivity index (χ3n) is 11.4. The van der Waals surface area contributed by atoms with E-state index < -0.39 is 0 Å². The molecular formula is C36H59N3O. The van der Waals surface area contributed by atoms with E-state index >= 15 is 0 Å². The lowest BCUT2D eigenvalue weighted by atomic mass is 9.49. The number of rotatable bonds is 7. The second-order valence-corrected chi connectivity index (χ2v) is 14.5. The zero-order chi connectivity index (χ0) is 29.0. The van der Waals surface area contributed by atoms with Crippen molar-refractivity contribution in [2.75, 3.05) is 11.5 Å². The molecule has 0 amide bonds. The van der Waals surface area contributed by atoms with E-state index in [1.165, 1.54) is 51.4 Å². The fraction of sp³-hybridized carbons (Fsp3) is 0.722. The standard InChI is InChI=1S/C32H50N2O.C4H9N/c1-20(2)6-5-7-21(3)25-11-12-27-26(25)13-14-29-28(27)10-8-22-18-24(16-17-32(22,29)4)35-31-15-9-23(33)19-30(31)34;1-3-4(2)5/h8-10,15,19-22,24-29H,5-7,11-14,16-18,33-34H2,1-4H3;3H,5H2,1-2H3/b;4-3+. The summed E-state index contributed by atoms with van der Waals surface area (Å²) < 4.78 is 6.41. The van der Waals surface area contributed by atoms with E-state index in [9.17, 15) is 0 Å². The van der Waals surface area contributed by atoms with Crippen LogP contribution in [-0.2, 0) is 0 Å². The predicted octanol–water partition coefficient (Wildman–Crippen LogP) is 8.97. The van der Waals surface area contributed by atoms with Gasteiger partial charge in [0.05, 0.1) is 11.8 Å². The average molecular weight is 550 g/mol. The Morgan fingerprint density at radius 3 is 2.42 bits per heavy atom. The summed E-state index contributed by atoms with van der Waals surface area (Å²) in [5.41, 5.74) is 19.9. The molecule has 3 fully saturated rings. The first-order valence-corrected chi connectivity index (χ1v) is 16.4. The first-order chi connectivity index (χ1) is 19.0. The lowest BCUT2D eigenvalue weighted by Gasteiger charge is -2.56. The highest BCUT2D eigenvalue weighted by atomic mass is 16.5. The van der Waals surface area contributed by atoms with Crippen molar-refractivity contribution in [3.05, 3.63) is 42.1 Å². The Hall–Kier alpha value is -2.10. The summed E-state index contributed by atoms with van der Waals surface area (Å²) in [6.45, 7) is 13.7. The lowest BCUT2D eigenvalue weighted by molar-refractivity contribution is -0.0522. The van der Waals surface area contributed by atoms with Crippen LogP contribution in [-0.4, -0.2) is 6.10 Å². The number of hydrogen-bond donors (Lipinski definition) is 3. The number of fused-ring (bicyclic) bond motifs is 5. The molecule has 0 saturated heterocycles. The Kier molecular flexibility index (Phi) is 10.2. The highest BCUT2D eigenvalue weighted by Gasteiger charge is 2.55. The van der Waals surface area contributed by atoms with Gasteiger partial charge in [-0.25, -0.2) is 0 Å². The Morgan fingerprint density at radius 2 is 1.75 bits per heavy atom. The molecule has 4 heteroatoms. The minimum Gasteiger partial charge on any atom is -0.488 e. The molecule has 0 bridgehead atoms. The molecule has 0 aliphatic heterocycles. The van der Waals surface area contributed by atoms with Gasteiger partial charge in [-0.3, -0.25) is 0 Å². The van der Waals surface area contributed by atoms with Crippen LogP contribution in [0.25, 0.3) is 0 Å². The van der Waals surface area contributed by atoms with E-state index in [4.69, 9.17) is 21.9 Å². The van der Waals surface area contributed by atoms with Crippen LogP contribution in [0.1, 0.15) is 106 Å². The molecule has 0 radical (unpaired) electrons. The molecule has 0 heterocycles. The molecule has 4 aliphatic carbocycles. The second-order valence-electron chi connectivity index (χ2n) is 14.5. The van der Waals surface area contributed by atoms with Gasteiger partial charge in [0.2, 0.25) is 0 Å². The van der Waals surface area contributed by atoms with Gasteiger partial charge in [-0.2, -0.15) is 0 Å². The predicted molar refractivity (Wildman–Crippen MR) is 172 cm³/mol. The van der Waals surface area contributed by atoms with Crippen LogP contribution >= 0.6 is 0 Å². The minimum absolute atomic E-state index is 0.249. The van der Waals surface area contributed by atoms with Gasteiger partial charge in [-0.15, -0.1) is 0 Å². The highest BCUT2D eigenvalue weighted by Crippen LogP contribution is 2.62. The molecule has 40 heavy (non-hydrogen) atoms. The Morgan fingerprint density at radius 1 is 1.02 bits per heavy atom. The van der Waals surface area contributed by atoms with Crippen molar-refractivity contribution < 1.29 is 4.74 Å². The van der Waals surface area contributed by atoms with Crippen LogP contribution in [0.15, 0.2) is 42.1 Å². The van der Waals surface area contributed by atoms with Crippen LogP contribution in [0.3, 0.4) is 0 Å². The maximum Gasteiger partial charge on any atom is 0.142 e. The smallest absolute Gasteiger partial charge is 0.142 e. The number of benzene rings is 1. The number of ether oxygens (including phenoxy) is 1. The van der Waals surface area contributed by atoms with E-state index in [0.717, 1.165) is 65.7 Å². The van der Waals surface area contributed by atoms with Crippen LogP contribution in [0.4, 0.5) is 11.4 Å². The molecule has 5 rings (SSSR count). The summed E-state index contributed by atoms with van der Waals surface area (Å²) in [7, 11) is 0. The quantitative estimate of drug-likeness (QED) is 0.234. The van der Waals surface area contributed by atoms with Gasteiger partial charge in [0.25, 0.3) is 0 Å². The van der Waals surface area contributed by atoms with Crippen molar-refractivity contribution in [2.45, 2.75) is 112 Å². The van der Waals surface area contributed by atoms with Crippen molar-refractivity contribution in [3.63, 3.8) is 0 Å². The fourth-order valence-corrected chi connectivity index (χ4v) is 9.02. The second kappa shape index (κ2) is 13.3. The Bertz CT molecular complexity index is 1030. The molecule has 4 nitrogen and oxygen atoms in total. The summed E-state index contributed by atoms with van der Waals surface area (Å²) in [6.07, 6.45) is 21.1. The average Bonchev–Trinajstić information content (AvgIpc) is 3.35. The molecule has 6 N–H and O–H groups in total. The molecule has 0 spiro atoms. The van der Waals surface area contributed by atoms with E-state index in [1.54, 1.807) is 0 Å². The molecule has 3 saturated carbocycles. The Labute approximate surface area is 245 Å². The zero-order valence-electron chi connectivity index (χ0n) is 26.4. The highest BCUT2D eigenvalue weighted by molar-refractivity contribution is 5.60. The third-order valence-corrected chi connectivity index (χ3v) is 11.4. The zero-order valence-corrected chi connectivity index (χ0v) is 26.4. The topological polar surface area (TPSA) is 87.3 Å². The maximum atomic E-state index is 6.41.